The fourth-order valence-electron chi connectivity index (χ4n) is 2.91. The number of carbonyl (C=O) groups excluding carboxylic acids is 2. The molecule has 0 saturated carbocycles. The van der Waals surface area contributed by atoms with Crippen LogP contribution in [0.15, 0.2) is 40.8 Å². The molecule has 2 amide bonds. The van der Waals surface area contributed by atoms with Gasteiger partial charge in [-0.1, -0.05) is 30.3 Å². The number of ether oxygens (including phenoxy) is 1. The second-order valence-electron chi connectivity index (χ2n) is 6.56. The van der Waals surface area contributed by atoms with Gasteiger partial charge in [-0.15, -0.1) is 0 Å². The lowest BCUT2D eigenvalue weighted by atomic mass is 10.1. The molecule has 0 bridgehead atoms. The quantitative estimate of drug-likeness (QED) is 0.733. The van der Waals surface area contributed by atoms with Crippen molar-refractivity contribution in [3.63, 3.8) is 0 Å². The van der Waals surface area contributed by atoms with E-state index in [4.69, 9.17) is 9.15 Å². The lowest BCUT2D eigenvalue weighted by molar-refractivity contribution is -0.121. The third-order valence-corrected chi connectivity index (χ3v) is 4.41. The molecule has 0 spiro atoms. The standard InChI is InChI=1S/C21H28N2O4/c1-15-14-19(17(3)27-15)21(25)23(12-13-26-4)11-10-20(24)22-16(2)18-8-6-5-7-9-18/h5-9,14,16H,10-13H2,1-4H3,(H,22,24). The van der Waals surface area contributed by atoms with Crippen molar-refractivity contribution in [3.05, 3.63) is 59.0 Å². The Balaban J connectivity index is 1.96. The maximum atomic E-state index is 12.8. The Morgan fingerprint density at radius 3 is 2.48 bits per heavy atom. The third-order valence-electron chi connectivity index (χ3n) is 4.41. The van der Waals surface area contributed by atoms with Crippen molar-refractivity contribution in [2.45, 2.75) is 33.2 Å². The van der Waals surface area contributed by atoms with Crippen LogP contribution in [0.25, 0.3) is 0 Å². The average molecular weight is 372 g/mol. The van der Waals surface area contributed by atoms with Crippen molar-refractivity contribution in [2.75, 3.05) is 26.8 Å². The first-order valence-corrected chi connectivity index (χ1v) is 9.12. The monoisotopic (exact) mass is 372 g/mol. The van der Waals surface area contributed by atoms with E-state index in [1.165, 1.54) is 0 Å². The molecule has 6 heteroatoms. The molecular weight excluding hydrogens is 344 g/mol. The van der Waals surface area contributed by atoms with Gasteiger partial charge in [0.15, 0.2) is 0 Å². The summed E-state index contributed by atoms with van der Waals surface area (Å²) >= 11 is 0. The number of rotatable bonds is 9. The van der Waals surface area contributed by atoms with Gasteiger partial charge in [-0.05, 0) is 32.4 Å². The molecule has 146 valence electrons. The van der Waals surface area contributed by atoms with Gasteiger partial charge in [-0.2, -0.15) is 0 Å². The fourth-order valence-corrected chi connectivity index (χ4v) is 2.91. The number of furan rings is 1. The van der Waals surface area contributed by atoms with Crippen molar-refractivity contribution in [2.24, 2.45) is 0 Å². The zero-order valence-corrected chi connectivity index (χ0v) is 16.5. The molecule has 0 fully saturated rings. The normalized spacial score (nSPS) is 11.9. The number of carbonyl (C=O) groups is 2. The molecule has 1 unspecified atom stereocenters. The molecule has 0 saturated heterocycles. The average Bonchev–Trinajstić information content (AvgIpc) is 3.00. The molecule has 0 aliphatic rings. The highest BCUT2D eigenvalue weighted by molar-refractivity contribution is 5.95. The van der Waals surface area contributed by atoms with E-state index in [0.29, 0.717) is 36.8 Å². The predicted octanol–water partition coefficient (Wildman–Crippen LogP) is 3.25. The van der Waals surface area contributed by atoms with E-state index in [-0.39, 0.29) is 24.3 Å². The number of aryl methyl sites for hydroxylation is 2. The second-order valence-corrected chi connectivity index (χ2v) is 6.56. The molecular formula is C21H28N2O4. The van der Waals surface area contributed by atoms with Crippen LogP contribution in [0, 0.1) is 13.8 Å². The fraction of sp³-hybridized carbons (Fsp3) is 0.429. The summed E-state index contributed by atoms with van der Waals surface area (Å²) in [6.45, 7) is 6.66. The van der Waals surface area contributed by atoms with E-state index < -0.39 is 0 Å². The molecule has 1 atom stereocenters. The third kappa shape index (κ3) is 5.96. The van der Waals surface area contributed by atoms with Gasteiger partial charge in [0, 0.05) is 26.6 Å². The molecule has 2 aromatic rings. The van der Waals surface area contributed by atoms with Crippen LogP contribution in [0.1, 0.15) is 46.8 Å². The topological polar surface area (TPSA) is 71.8 Å². The van der Waals surface area contributed by atoms with Gasteiger partial charge in [0.1, 0.15) is 11.5 Å². The predicted molar refractivity (Wildman–Crippen MR) is 104 cm³/mol. The summed E-state index contributed by atoms with van der Waals surface area (Å²) in [6, 6.07) is 11.4. The number of hydrogen-bond acceptors (Lipinski definition) is 4. The van der Waals surface area contributed by atoms with Gasteiger partial charge in [0.25, 0.3) is 5.91 Å². The van der Waals surface area contributed by atoms with Crippen molar-refractivity contribution in [1.82, 2.24) is 10.2 Å². The number of nitrogens with one attached hydrogen (secondary N) is 1. The Hall–Kier alpha value is -2.60. The molecule has 1 N–H and O–H groups in total. The molecule has 1 aromatic heterocycles. The first kappa shape index (κ1) is 20.7. The van der Waals surface area contributed by atoms with Crippen molar-refractivity contribution < 1.29 is 18.7 Å². The Kier molecular flexibility index (Phi) is 7.61. The Morgan fingerprint density at radius 2 is 1.89 bits per heavy atom. The van der Waals surface area contributed by atoms with Crippen LogP contribution >= 0.6 is 0 Å². The largest absolute Gasteiger partial charge is 0.466 e. The van der Waals surface area contributed by atoms with Gasteiger partial charge in [-0.3, -0.25) is 9.59 Å². The molecule has 1 heterocycles. The maximum absolute atomic E-state index is 12.8. The van der Waals surface area contributed by atoms with Crippen LogP contribution in [0.3, 0.4) is 0 Å². The highest BCUT2D eigenvalue weighted by Crippen LogP contribution is 2.16. The highest BCUT2D eigenvalue weighted by Gasteiger charge is 2.21. The van der Waals surface area contributed by atoms with Gasteiger partial charge < -0.3 is 19.4 Å². The van der Waals surface area contributed by atoms with Crippen LogP contribution in [0.2, 0.25) is 0 Å². The number of benzene rings is 1. The number of methoxy groups -OCH3 is 1. The van der Waals surface area contributed by atoms with E-state index >= 15 is 0 Å². The molecule has 1 aromatic carbocycles. The molecule has 2 rings (SSSR count). The van der Waals surface area contributed by atoms with Gasteiger partial charge in [0.05, 0.1) is 18.2 Å². The van der Waals surface area contributed by atoms with Gasteiger partial charge in [0.2, 0.25) is 5.91 Å². The Bertz CT molecular complexity index is 755. The van der Waals surface area contributed by atoms with E-state index in [2.05, 4.69) is 5.32 Å². The van der Waals surface area contributed by atoms with E-state index in [1.807, 2.05) is 44.2 Å². The molecule has 6 nitrogen and oxygen atoms in total. The van der Waals surface area contributed by atoms with E-state index in [9.17, 15) is 9.59 Å². The zero-order chi connectivity index (χ0) is 19.8. The summed E-state index contributed by atoms with van der Waals surface area (Å²) < 4.78 is 10.6. The SMILES string of the molecule is COCCN(CCC(=O)NC(C)c1ccccc1)C(=O)c1cc(C)oc1C. The van der Waals surface area contributed by atoms with Crippen molar-refractivity contribution >= 4 is 11.8 Å². The maximum Gasteiger partial charge on any atom is 0.257 e. The summed E-state index contributed by atoms with van der Waals surface area (Å²) in [5, 5.41) is 2.98. The molecule has 0 aliphatic carbocycles. The summed E-state index contributed by atoms with van der Waals surface area (Å²) in [4.78, 5) is 26.8. The Labute approximate surface area is 160 Å². The summed E-state index contributed by atoms with van der Waals surface area (Å²) in [6.07, 6.45) is 0.225. The first-order valence-electron chi connectivity index (χ1n) is 9.12. The summed E-state index contributed by atoms with van der Waals surface area (Å²) in [7, 11) is 1.59. The molecule has 0 radical (unpaired) electrons. The number of nitrogens with zero attached hydrogens (tertiary/aromatic N) is 1. The summed E-state index contributed by atoms with van der Waals surface area (Å²) in [5.74, 6) is 1.03. The summed E-state index contributed by atoms with van der Waals surface area (Å²) in [5.41, 5.74) is 1.57. The second kappa shape index (κ2) is 9.92. The minimum absolute atomic E-state index is 0.0828. The van der Waals surface area contributed by atoms with Crippen molar-refractivity contribution in [1.29, 1.82) is 0 Å². The van der Waals surface area contributed by atoms with Crippen LogP contribution in [0.4, 0.5) is 0 Å². The highest BCUT2D eigenvalue weighted by atomic mass is 16.5. The van der Waals surface area contributed by atoms with Crippen molar-refractivity contribution in [3.8, 4) is 0 Å². The van der Waals surface area contributed by atoms with Gasteiger partial charge in [-0.25, -0.2) is 0 Å². The lowest BCUT2D eigenvalue weighted by Crippen LogP contribution is -2.37. The Morgan fingerprint density at radius 1 is 1.19 bits per heavy atom. The van der Waals surface area contributed by atoms with Crippen LogP contribution in [0.5, 0.6) is 0 Å². The number of amides is 2. The van der Waals surface area contributed by atoms with Crippen LogP contribution < -0.4 is 5.32 Å². The lowest BCUT2D eigenvalue weighted by Gasteiger charge is -2.22. The number of hydrogen-bond donors (Lipinski definition) is 1. The minimum atomic E-state index is -0.148. The van der Waals surface area contributed by atoms with E-state index in [1.54, 1.807) is 25.0 Å². The molecule has 0 aliphatic heterocycles. The first-order chi connectivity index (χ1) is 12.9. The van der Waals surface area contributed by atoms with Crippen LogP contribution in [-0.4, -0.2) is 43.5 Å². The molecule has 27 heavy (non-hydrogen) atoms. The minimum Gasteiger partial charge on any atom is -0.466 e. The van der Waals surface area contributed by atoms with E-state index in [0.717, 1.165) is 5.56 Å². The van der Waals surface area contributed by atoms with Gasteiger partial charge >= 0.3 is 0 Å². The smallest absolute Gasteiger partial charge is 0.257 e. The zero-order valence-electron chi connectivity index (χ0n) is 16.5. The van der Waals surface area contributed by atoms with Crippen LogP contribution in [-0.2, 0) is 9.53 Å².